The topological polar surface area (TPSA) is 55.1 Å². The van der Waals surface area contributed by atoms with E-state index in [4.69, 9.17) is 5.73 Å². The molecule has 3 N–H and O–H groups in total. The summed E-state index contributed by atoms with van der Waals surface area (Å²) >= 11 is 0. The zero-order valence-corrected chi connectivity index (χ0v) is 11.2. The molecule has 0 bridgehead atoms. The number of rotatable bonds is 4. The summed E-state index contributed by atoms with van der Waals surface area (Å²) in [6, 6.07) is 0. The lowest BCUT2D eigenvalue weighted by molar-refractivity contribution is -0.127. The highest BCUT2D eigenvalue weighted by atomic mass is 16.1. The third kappa shape index (κ3) is 3.58. The Morgan fingerprint density at radius 1 is 1.11 bits per heavy atom. The zero-order valence-electron chi connectivity index (χ0n) is 11.2. The van der Waals surface area contributed by atoms with Gasteiger partial charge in [0.25, 0.3) is 0 Å². The molecule has 102 valence electrons. The van der Waals surface area contributed by atoms with Crippen molar-refractivity contribution in [2.24, 2.45) is 23.5 Å². The minimum absolute atomic E-state index is 0.251. The first-order chi connectivity index (χ1) is 8.81. The molecule has 0 spiro atoms. The van der Waals surface area contributed by atoms with Crippen LogP contribution in [0.2, 0.25) is 0 Å². The van der Waals surface area contributed by atoms with E-state index in [9.17, 15) is 4.79 Å². The molecule has 0 radical (unpaired) electrons. The Bertz CT molecular complexity index is 301. The van der Waals surface area contributed by atoms with Crippen molar-refractivity contribution in [3.63, 3.8) is 0 Å². The maximum atomic E-state index is 12.1. The van der Waals surface area contributed by atoms with Gasteiger partial charge in [0.15, 0.2) is 0 Å². The van der Waals surface area contributed by atoms with Crippen molar-refractivity contribution in [1.29, 1.82) is 0 Å². The molecule has 2 aliphatic rings. The summed E-state index contributed by atoms with van der Waals surface area (Å²) in [6.45, 7) is 1.17. The number of nitrogens with two attached hydrogens (primary N) is 1. The smallest absolute Gasteiger partial charge is 0.223 e. The molecule has 2 fully saturated rings. The number of amides is 1. The summed E-state index contributed by atoms with van der Waals surface area (Å²) in [7, 11) is 0. The average molecular weight is 250 g/mol. The van der Waals surface area contributed by atoms with E-state index in [1.165, 1.54) is 32.1 Å². The monoisotopic (exact) mass is 250 g/mol. The summed E-state index contributed by atoms with van der Waals surface area (Å²) < 4.78 is 0. The van der Waals surface area contributed by atoms with Crippen LogP contribution in [0, 0.1) is 17.8 Å². The highest BCUT2D eigenvalue weighted by Gasteiger charge is 2.34. The molecule has 0 saturated heterocycles. The van der Waals surface area contributed by atoms with Gasteiger partial charge in [0.2, 0.25) is 5.91 Å². The maximum absolute atomic E-state index is 12.1. The van der Waals surface area contributed by atoms with Crippen molar-refractivity contribution in [3.8, 4) is 0 Å². The normalized spacial score (nSPS) is 32.2. The number of hydrogen-bond acceptors (Lipinski definition) is 2. The van der Waals surface area contributed by atoms with Gasteiger partial charge < -0.3 is 11.1 Å². The molecule has 0 aromatic carbocycles. The van der Waals surface area contributed by atoms with Crippen LogP contribution in [-0.2, 0) is 4.79 Å². The van der Waals surface area contributed by atoms with Crippen molar-refractivity contribution in [2.45, 2.75) is 44.9 Å². The molecule has 2 aliphatic carbocycles. The first-order valence-electron chi connectivity index (χ1n) is 7.44. The SMILES string of the molecule is NC/C=C/CNC(=O)C1CCC2CCCCC2C1. The Kier molecular flexibility index (Phi) is 5.24. The van der Waals surface area contributed by atoms with Crippen LogP contribution in [0.1, 0.15) is 44.9 Å². The second-order valence-corrected chi connectivity index (χ2v) is 5.77. The molecule has 1 amide bonds. The molecule has 0 aromatic heterocycles. The summed E-state index contributed by atoms with van der Waals surface area (Å²) in [5.41, 5.74) is 5.36. The van der Waals surface area contributed by atoms with Gasteiger partial charge in [0.05, 0.1) is 0 Å². The Morgan fingerprint density at radius 2 is 1.89 bits per heavy atom. The van der Waals surface area contributed by atoms with E-state index in [-0.39, 0.29) is 11.8 Å². The first-order valence-corrected chi connectivity index (χ1v) is 7.44. The van der Waals surface area contributed by atoms with Crippen molar-refractivity contribution in [1.82, 2.24) is 5.32 Å². The minimum atomic E-state index is 0.251. The van der Waals surface area contributed by atoms with E-state index in [1.54, 1.807) is 0 Å². The van der Waals surface area contributed by atoms with E-state index >= 15 is 0 Å². The third-order valence-electron chi connectivity index (χ3n) is 4.61. The molecule has 3 unspecified atom stereocenters. The van der Waals surface area contributed by atoms with Gasteiger partial charge in [-0.1, -0.05) is 37.8 Å². The lowest BCUT2D eigenvalue weighted by Crippen LogP contribution is -2.37. The Morgan fingerprint density at radius 3 is 2.67 bits per heavy atom. The van der Waals surface area contributed by atoms with Crippen molar-refractivity contribution in [3.05, 3.63) is 12.2 Å². The van der Waals surface area contributed by atoms with Gasteiger partial charge in [0, 0.05) is 19.0 Å². The van der Waals surface area contributed by atoms with E-state index in [2.05, 4.69) is 5.32 Å². The predicted octanol–water partition coefficient (Wildman–Crippen LogP) is 2.22. The summed E-state index contributed by atoms with van der Waals surface area (Å²) in [5.74, 6) is 2.25. The molecule has 2 rings (SSSR count). The summed E-state index contributed by atoms with van der Waals surface area (Å²) in [6.07, 6.45) is 12.8. The quantitative estimate of drug-likeness (QED) is 0.752. The molecule has 3 atom stereocenters. The van der Waals surface area contributed by atoms with Gasteiger partial charge in [-0.3, -0.25) is 4.79 Å². The lowest BCUT2D eigenvalue weighted by Gasteiger charge is -2.38. The van der Waals surface area contributed by atoms with Crippen LogP contribution >= 0.6 is 0 Å². The highest BCUT2D eigenvalue weighted by Crippen LogP contribution is 2.42. The van der Waals surface area contributed by atoms with Crippen LogP contribution in [-0.4, -0.2) is 19.0 Å². The molecular weight excluding hydrogens is 224 g/mol. The van der Waals surface area contributed by atoms with Crippen molar-refractivity contribution >= 4 is 5.91 Å². The number of nitrogens with one attached hydrogen (secondary N) is 1. The average Bonchev–Trinajstić information content (AvgIpc) is 2.43. The standard InChI is InChI=1S/C15H26N2O/c16-9-3-4-10-17-15(18)14-8-7-12-5-1-2-6-13(12)11-14/h3-4,12-14H,1-2,5-11,16H2,(H,17,18)/b4-3+. The first kappa shape index (κ1) is 13.6. The number of carbonyl (C=O) groups excluding carboxylic acids is 1. The Labute approximate surface area is 110 Å². The number of carbonyl (C=O) groups is 1. The van der Waals surface area contributed by atoms with Gasteiger partial charge in [-0.2, -0.15) is 0 Å². The van der Waals surface area contributed by atoms with Crippen molar-refractivity contribution < 1.29 is 4.79 Å². The van der Waals surface area contributed by atoms with Gasteiger partial charge in [-0.05, 0) is 31.1 Å². The Hall–Kier alpha value is -0.830. The van der Waals surface area contributed by atoms with Gasteiger partial charge in [0.1, 0.15) is 0 Å². The third-order valence-corrected chi connectivity index (χ3v) is 4.61. The summed E-state index contributed by atoms with van der Waals surface area (Å²) in [5, 5.41) is 3.00. The van der Waals surface area contributed by atoms with Gasteiger partial charge >= 0.3 is 0 Å². The van der Waals surface area contributed by atoms with Crippen molar-refractivity contribution in [2.75, 3.05) is 13.1 Å². The predicted molar refractivity (Wildman–Crippen MR) is 74.0 cm³/mol. The maximum Gasteiger partial charge on any atom is 0.223 e. The van der Waals surface area contributed by atoms with E-state index < -0.39 is 0 Å². The number of hydrogen-bond donors (Lipinski definition) is 2. The lowest BCUT2D eigenvalue weighted by atomic mass is 9.67. The van der Waals surface area contributed by atoms with Crippen LogP contribution in [0.3, 0.4) is 0 Å². The Balaban J connectivity index is 1.75. The fourth-order valence-corrected chi connectivity index (χ4v) is 3.59. The van der Waals surface area contributed by atoms with Crippen LogP contribution in [0.25, 0.3) is 0 Å². The van der Waals surface area contributed by atoms with Gasteiger partial charge in [-0.15, -0.1) is 0 Å². The second kappa shape index (κ2) is 6.93. The van der Waals surface area contributed by atoms with Crippen LogP contribution in [0.4, 0.5) is 0 Å². The largest absolute Gasteiger partial charge is 0.352 e. The summed E-state index contributed by atoms with van der Waals surface area (Å²) in [4.78, 5) is 12.1. The zero-order chi connectivity index (χ0) is 12.8. The fraction of sp³-hybridized carbons (Fsp3) is 0.800. The molecule has 0 aromatic rings. The minimum Gasteiger partial charge on any atom is -0.352 e. The molecule has 2 saturated carbocycles. The number of fused-ring (bicyclic) bond motifs is 1. The molecule has 18 heavy (non-hydrogen) atoms. The van der Waals surface area contributed by atoms with Crippen LogP contribution < -0.4 is 11.1 Å². The molecule has 0 heterocycles. The van der Waals surface area contributed by atoms with Crippen LogP contribution in [0.5, 0.6) is 0 Å². The molecule has 3 nitrogen and oxygen atoms in total. The highest BCUT2D eigenvalue weighted by molar-refractivity contribution is 5.78. The second-order valence-electron chi connectivity index (χ2n) is 5.77. The van der Waals surface area contributed by atoms with E-state index in [0.29, 0.717) is 13.1 Å². The van der Waals surface area contributed by atoms with E-state index in [0.717, 1.165) is 24.7 Å². The van der Waals surface area contributed by atoms with Gasteiger partial charge in [-0.25, -0.2) is 0 Å². The molecule has 3 heteroatoms. The van der Waals surface area contributed by atoms with E-state index in [1.807, 2.05) is 12.2 Å². The fourth-order valence-electron chi connectivity index (χ4n) is 3.59. The molecular formula is C15H26N2O. The van der Waals surface area contributed by atoms with Crippen LogP contribution in [0.15, 0.2) is 12.2 Å². The molecule has 0 aliphatic heterocycles.